The summed E-state index contributed by atoms with van der Waals surface area (Å²) in [5, 5.41) is 11.6. The van der Waals surface area contributed by atoms with Crippen molar-refractivity contribution in [3.8, 4) is 0 Å². The molecule has 2 aliphatic rings. The third-order valence-electron chi connectivity index (χ3n) is 3.69. The van der Waals surface area contributed by atoms with Gasteiger partial charge in [-0.2, -0.15) is 0 Å². The van der Waals surface area contributed by atoms with Gasteiger partial charge in [0, 0.05) is 25.7 Å². The maximum Gasteiger partial charge on any atom is 0.241 e. The van der Waals surface area contributed by atoms with Gasteiger partial charge < -0.3 is 15.3 Å². The number of nitrogens with one attached hydrogen (secondary N) is 1. The average Bonchev–Trinajstić information content (AvgIpc) is 3.10. The number of aliphatic hydroxyl groups is 1. The molecule has 6 heteroatoms. The van der Waals surface area contributed by atoms with Crippen LogP contribution in [0.5, 0.6) is 0 Å². The Morgan fingerprint density at radius 2 is 1.95 bits per heavy atom. The SMILES string of the molecule is O=C(CN(CCO)C1CC1)NCC(=O)N1CCCC1. The molecule has 6 nitrogen and oxygen atoms in total. The molecular formula is C13H23N3O3. The van der Waals surface area contributed by atoms with Crippen molar-refractivity contribution in [1.29, 1.82) is 0 Å². The van der Waals surface area contributed by atoms with Gasteiger partial charge in [-0.3, -0.25) is 14.5 Å². The number of nitrogens with zero attached hydrogens (tertiary/aromatic N) is 2. The molecule has 0 bridgehead atoms. The molecule has 1 aliphatic carbocycles. The van der Waals surface area contributed by atoms with Crippen molar-refractivity contribution in [2.45, 2.75) is 31.7 Å². The Morgan fingerprint density at radius 1 is 1.26 bits per heavy atom. The highest BCUT2D eigenvalue weighted by Crippen LogP contribution is 2.25. The topological polar surface area (TPSA) is 72.9 Å². The van der Waals surface area contributed by atoms with Crippen molar-refractivity contribution in [2.75, 3.05) is 39.3 Å². The molecule has 19 heavy (non-hydrogen) atoms. The Balaban J connectivity index is 1.66. The lowest BCUT2D eigenvalue weighted by Gasteiger charge is -2.20. The van der Waals surface area contributed by atoms with Crippen molar-refractivity contribution in [1.82, 2.24) is 15.1 Å². The molecule has 1 heterocycles. The van der Waals surface area contributed by atoms with Gasteiger partial charge in [0.05, 0.1) is 19.7 Å². The van der Waals surface area contributed by atoms with Crippen molar-refractivity contribution in [3.05, 3.63) is 0 Å². The van der Waals surface area contributed by atoms with E-state index in [0.29, 0.717) is 12.6 Å². The molecule has 2 N–H and O–H groups in total. The minimum atomic E-state index is -0.132. The molecule has 2 fully saturated rings. The number of likely N-dealkylation sites (tertiary alicyclic amines) is 1. The Hall–Kier alpha value is -1.14. The van der Waals surface area contributed by atoms with E-state index in [1.807, 2.05) is 4.90 Å². The molecule has 0 spiro atoms. The van der Waals surface area contributed by atoms with Crippen molar-refractivity contribution in [2.24, 2.45) is 0 Å². The third-order valence-corrected chi connectivity index (χ3v) is 3.69. The number of carbonyl (C=O) groups is 2. The molecule has 2 rings (SSSR count). The lowest BCUT2D eigenvalue weighted by Crippen LogP contribution is -2.44. The second-order valence-electron chi connectivity index (χ2n) is 5.29. The van der Waals surface area contributed by atoms with Crippen molar-refractivity contribution in [3.63, 3.8) is 0 Å². The fraction of sp³-hybridized carbons (Fsp3) is 0.846. The van der Waals surface area contributed by atoms with Crippen LogP contribution in [0, 0.1) is 0 Å². The molecule has 0 unspecified atom stereocenters. The minimum Gasteiger partial charge on any atom is -0.395 e. The molecule has 0 atom stereocenters. The van der Waals surface area contributed by atoms with E-state index >= 15 is 0 Å². The van der Waals surface area contributed by atoms with Crippen LogP contribution in [0.4, 0.5) is 0 Å². The zero-order chi connectivity index (χ0) is 13.7. The Morgan fingerprint density at radius 3 is 2.53 bits per heavy atom. The standard InChI is InChI=1S/C13H23N3O3/c17-8-7-16(11-3-4-11)10-12(18)14-9-13(19)15-5-1-2-6-15/h11,17H,1-10H2,(H,14,18). The predicted octanol–water partition coefficient (Wildman–Crippen LogP) is -0.818. The van der Waals surface area contributed by atoms with Crippen LogP contribution >= 0.6 is 0 Å². The van der Waals surface area contributed by atoms with Crippen molar-refractivity contribution >= 4 is 11.8 Å². The lowest BCUT2D eigenvalue weighted by molar-refractivity contribution is -0.132. The Labute approximate surface area is 113 Å². The van der Waals surface area contributed by atoms with Gasteiger partial charge in [-0.15, -0.1) is 0 Å². The third kappa shape index (κ3) is 4.47. The van der Waals surface area contributed by atoms with Crippen LogP contribution in [0.3, 0.4) is 0 Å². The van der Waals surface area contributed by atoms with Crippen LogP contribution in [0.1, 0.15) is 25.7 Å². The average molecular weight is 269 g/mol. The Kier molecular flexibility index (Phi) is 5.15. The van der Waals surface area contributed by atoms with Crippen LogP contribution < -0.4 is 5.32 Å². The highest BCUT2D eigenvalue weighted by Gasteiger charge is 2.29. The van der Waals surface area contributed by atoms with Gasteiger partial charge in [-0.1, -0.05) is 0 Å². The van der Waals surface area contributed by atoms with E-state index in [-0.39, 0.29) is 31.5 Å². The highest BCUT2D eigenvalue weighted by atomic mass is 16.3. The first-order valence-corrected chi connectivity index (χ1v) is 7.10. The number of hydrogen-bond acceptors (Lipinski definition) is 4. The lowest BCUT2D eigenvalue weighted by atomic mass is 10.4. The van der Waals surface area contributed by atoms with Gasteiger partial charge in [0.15, 0.2) is 0 Å². The fourth-order valence-corrected chi connectivity index (χ4v) is 2.45. The van der Waals surface area contributed by atoms with E-state index < -0.39 is 0 Å². The normalized spacial score (nSPS) is 18.9. The molecule has 0 aromatic rings. The van der Waals surface area contributed by atoms with Crippen LogP contribution in [0.25, 0.3) is 0 Å². The largest absolute Gasteiger partial charge is 0.395 e. The molecule has 1 saturated heterocycles. The zero-order valence-electron chi connectivity index (χ0n) is 11.3. The summed E-state index contributed by atoms with van der Waals surface area (Å²) in [6, 6.07) is 0.437. The number of hydrogen-bond donors (Lipinski definition) is 2. The smallest absolute Gasteiger partial charge is 0.241 e. The summed E-state index contributed by atoms with van der Waals surface area (Å²) in [4.78, 5) is 27.3. The zero-order valence-corrected chi connectivity index (χ0v) is 11.3. The van der Waals surface area contributed by atoms with Gasteiger partial charge in [-0.05, 0) is 25.7 Å². The molecular weight excluding hydrogens is 246 g/mol. The van der Waals surface area contributed by atoms with Crippen LogP contribution in [-0.2, 0) is 9.59 Å². The summed E-state index contributed by atoms with van der Waals surface area (Å²) >= 11 is 0. The van der Waals surface area contributed by atoms with E-state index in [1.54, 1.807) is 4.90 Å². The van der Waals surface area contributed by atoms with Gasteiger partial charge in [0.2, 0.25) is 11.8 Å². The summed E-state index contributed by atoms with van der Waals surface area (Å²) in [5.74, 6) is -0.126. The Bertz CT molecular complexity index is 325. The summed E-state index contributed by atoms with van der Waals surface area (Å²) in [6.45, 7) is 2.59. The second-order valence-corrected chi connectivity index (χ2v) is 5.29. The second kappa shape index (κ2) is 6.86. The van der Waals surface area contributed by atoms with Gasteiger partial charge in [-0.25, -0.2) is 0 Å². The fourth-order valence-electron chi connectivity index (χ4n) is 2.45. The summed E-state index contributed by atoms with van der Waals surface area (Å²) in [7, 11) is 0. The van der Waals surface area contributed by atoms with Crippen LogP contribution in [-0.4, -0.2) is 72.1 Å². The molecule has 1 saturated carbocycles. The summed E-state index contributed by atoms with van der Waals surface area (Å²) < 4.78 is 0. The molecule has 0 aromatic heterocycles. The molecule has 1 aliphatic heterocycles. The van der Waals surface area contributed by atoms with E-state index in [0.717, 1.165) is 38.8 Å². The quantitative estimate of drug-likeness (QED) is 0.633. The monoisotopic (exact) mass is 269 g/mol. The van der Waals surface area contributed by atoms with Gasteiger partial charge >= 0.3 is 0 Å². The minimum absolute atomic E-state index is 0.00554. The summed E-state index contributed by atoms with van der Waals surface area (Å²) in [6.07, 6.45) is 4.32. The number of carbonyl (C=O) groups excluding carboxylic acids is 2. The van der Waals surface area contributed by atoms with E-state index in [9.17, 15) is 9.59 Å². The number of amides is 2. The number of aliphatic hydroxyl groups excluding tert-OH is 1. The maximum atomic E-state index is 11.8. The molecule has 108 valence electrons. The first-order chi connectivity index (χ1) is 9.20. The van der Waals surface area contributed by atoms with Gasteiger partial charge in [0.1, 0.15) is 0 Å². The first kappa shape index (κ1) is 14.3. The molecule has 0 radical (unpaired) electrons. The van der Waals surface area contributed by atoms with E-state index in [2.05, 4.69) is 5.32 Å². The van der Waals surface area contributed by atoms with E-state index in [1.165, 1.54) is 0 Å². The van der Waals surface area contributed by atoms with Crippen molar-refractivity contribution < 1.29 is 14.7 Å². The van der Waals surface area contributed by atoms with E-state index in [4.69, 9.17) is 5.11 Å². The molecule has 2 amide bonds. The first-order valence-electron chi connectivity index (χ1n) is 7.10. The highest BCUT2D eigenvalue weighted by molar-refractivity contribution is 5.85. The predicted molar refractivity (Wildman–Crippen MR) is 70.5 cm³/mol. The van der Waals surface area contributed by atoms with Crippen LogP contribution in [0.2, 0.25) is 0 Å². The molecule has 0 aromatic carbocycles. The van der Waals surface area contributed by atoms with Gasteiger partial charge in [0.25, 0.3) is 0 Å². The number of rotatable bonds is 7. The van der Waals surface area contributed by atoms with Crippen LogP contribution in [0.15, 0.2) is 0 Å². The summed E-state index contributed by atoms with van der Waals surface area (Å²) in [5.41, 5.74) is 0. The maximum absolute atomic E-state index is 11.8.